The number of rotatable bonds is 2. The van der Waals surface area contributed by atoms with Crippen LogP contribution in [-0.2, 0) is 9.59 Å². The number of fused-ring (bicyclic) bond motifs is 2. The molecule has 3 heterocycles. The number of alkyl halides is 3. The molecule has 1 aromatic heterocycles. The lowest BCUT2D eigenvalue weighted by Crippen LogP contribution is -2.49. The van der Waals surface area contributed by atoms with E-state index in [0.29, 0.717) is 11.5 Å². The fraction of sp³-hybridized carbons (Fsp3) is 0.636. The average Bonchev–Trinajstić information content (AvgIpc) is 3.28. The number of pyridine rings is 1. The minimum absolute atomic E-state index is 0.0985. The number of amides is 2. The van der Waals surface area contributed by atoms with E-state index in [-0.39, 0.29) is 22.6 Å². The summed E-state index contributed by atoms with van der Waals surface area (Å²) in [5.74, 6) is -2.05. The molecular weight excluding hydrogens is 441 g/mol. The van der Waals surface area contributed by atoms with Crippen LogP contribution < -0.4 is 5.32 Å². The largest absolute Gasteiger partial charge is 0.490 e. The van der Waals surface area contributed by atoms with Gasteiger partial charge in [0.15, 0.2) is 0 Å². The van der Waals surface area contributed by atoms with Gasteiger partial charge in [0.25, 0.3) is 5.91 Å². The van der Waals surface area contributed by atoms with Crippen molar-refractivity contribution in [3.63, 3.8) is 0 Å². The molecule has 2 atom stereocenters. The maximum Gasteiger partial charge on any atom is 0.490 e. The molecule has 1 saturated carbocycles. The number of carboxylic acid groups (broad SMARTS) is 1. The van der Waals surface area contributed by atoms with Crippen molar-refractivity contribution in [2.75, 3.05) is 40.3 Å². The monoisotopic (exact) mass is 470 g/mol. The van der Waals surface area contributed by atoms with Gasteiger partial charge in [-0.3, -0.25) is 14.6 Å². The van der Waals surface area contributed by atoms with Crippen molar-refractivity contribution in [2.45, 2.75) is 31.9 Å². The number of carboxylic acids is 1. The van der Waals surface area contributed by atoms with E-state index in [1.807, 2.05) is 4.90 Å². The van der Waals surface area contributed by atoms with Crippen LogP contribution >= 0.6 is 0 Å². The molecule has 0 aromatic carbocycles. The number of carbonyl (C=O) groups excluding carboxylic acids is 2. The number of carbonyl (C=O) groups is 3. The molecular formula is C22H29F3N4O4. The Balaban J connectivity index is 0.000000383. The first-order valence-corrected chi connectivity index (χ1v) is 10.9. The number of likely N-dealkylation sites (tertiary alicyclic amines) is 2. The predicted molar refractivity (Wildman–Crippen MR) is 112 cm³/mol. The summed E-state index contributed by atoms with van der Waals surface area (Å²) in [6.07, 6.45) is 2.34. The molecule has 1 aromatic rings. The van der Waals surface area contributed by atoms with Gasteiger partial charge in [-0.1, -0.05) is 0 Å². The third-order valence-corrected chi connectivity index (χ3v) is 7.42. The molecule has 2 saturated heterocycles. The van der Waals surface area contributed by atoms with Crippen molar-refractivity contribution in [3.05, 3.63) is 30.1 Å². The molecule has 11 heteroatoms. The Kier molecular flexibility index (Phi) is 7.01. The van der Waals surface area contributed by atoms with Gasteiger partial charge in [0.1, 0.15) is 0 Å². The zero-order valence-electron chi connectivity index (χ0n) is 18.7. The Labute approximate surface area is 190 Å². The Hall–Kier alpha value is -2.69. The number of halogens is 3. The number of hydrogen-bond acceptors (Lipinski definition) is 5. The number of piperidine rings is 1. The Morgan fingerprint density at radius 3 is 2.21 bits per heavy atom. The van der Waals surface area contributed by atoms with Crippen molar-refractivity contribution >= 4 is 17.8 Å². The molecule has 1 spiro atoms. The summed E-state index contributed by atoms with van der Waals surface area (Å²) in [7, 11) is 3.88. The fourth-order valence-electron chi connectivity index (χ4n) is 5.85. The van der Waals surface area contributed by atoms with Crippen LogP contribution in [0.3, 0.4) is 0 Å². The lowest BCUT2D eigenvalue weighted by atomic mass is 9.65. The SMILES string of the molecule is CNC(=O)[C@@]12CCC3(CCN(C(=O)c4ccncc4)CC3)[C@@H]1CN(C)C2.O=C(O)C(F)(F)F. The Bertz CT molecular complexity index is 887. The van der Waals surface area contributed by atoms with E-state index < -0.39 is 12.1 Å². The summed E-state index contributed by atoms with van der Waals surface area (Å²) >= 11 is 0. The molecule has 2 amide bonds. The highest BCUT2D eigenvalue weighted by Crippen LogP contribution is 2.61. The summed E-state index contributed by atoms with van der Waals surface area (Å²) in [6.45, 7) is 3.42. The van der Waals surface area contributed by atoms with Crippen LogP contribution in [0.4, 0.5) is 13.2 Å². The van der Waals surface area contributed by atoms with Gasteiger partial charge in [0.05, 0.1) is 5.41 Å². The van der Waals surface area contributed by atoms with E-state index in [1.165, 1.54) is 0 Å². The molecule has 8 nitrogen and oxygen atoms in total. The summed E-state index contributed by atoms with van der Waals surface area (Å²) in [6, 6.07) is 3.57. The number of nitrogens with zero attached hydrogens (tertiary/aromatic N) is 3. The lowest BCUT2D eigenvalue weighted by molar-refractivity contribution is -0.192. The fourth-order valence-corrected chi connectivity index (χ4v) is 5.85. The molecule has 2 aliphatic heterocycles. The van der Waals surface area contributed by atoms with E-state index >= 15 is 0 Å². The zero-order valence-corrected chi connectivity index (χ0v) is 18.7. The van der Waals surface area contributed by atoms with Gasteiger partial charge in [-0.05, 0) is 56.2 Å². The normalized spacial score (nSPS) is 26.3. The molecule has 0 radical (unpaired) electrons. The summed E-state index contributed by atoms with van der Waals surface area (Å²) in [5.41, 5.74) is 0.676. The standard InChI is InChI=1S/C20H28N4O2.C2HF3O2/c1-21-18(26)20-6-5-19(16(20)13-23(2)14-20)7-11-24(12-8-19)17(25)15-3-9-22-10-4-15;3-2(4,5)1(6)7/h3-4,9-10,16H,5-8,11-14H2,1-2H3,(H,21,26);(H,6,7)/t16-,20+;/m0./s1. The number of aromatic nitrogens is 1. The molecule has 1 aliphatic carbocycles. The predicted octanol–water partition coefficient (Wildman–Crippen LogP) is 2.03. The zero-order chi connectivity index (χ0) is 24.4. The third-order valence-electron chi connectivity index (χ3n) is 7.42. The van der Waals surface area contributed by atoms with Crippen LogP contribution in [-0.4, -0.2) is 84.1 Å². The molecule has 4 rings (SSSR count). The van der Waals surface area contributed by atoms with Crippen LogP contribution in [0.15, 0.2) is 24.5 Å². The van der Waals surface area contributed by atoms with E-state index in [9.17, 15) is 22.8 Å². The van der Waals surface area contributed by atoms with E-state index in [2.05, 4.69) is 22.2 Å². The Morgan fingerprint density at radius 1 is 1.12 bits per heavy atom. The maximum absolute atomic E-state index is 12.7. The first kappa shape index (κ1) is 24.9. The molecule has 3 fully saturated rings. The van der Waals surface area contributed by atoms with Gasteiger partial charge in [-0.25, -0.2) is 4.79 Å². The molecule has 3 aliphatic rings. The van der Waals surface area contributed by atoms with Gasteiger partial charge in [-0.2, -0.15) is 13.2 Å². The van der Waals surface area contributed by atoms with Gasteiger partial charge in [0, 0.05) is 51.2 Å². The second-order valence-electron chi connectivity index (χ2n) is 9.18. The lowest BCUT2D eigenvalue weighted by Gasteiger charge is -2.44. The van der Waals surface area contributed by atoms with Crippen molar-refractivity contribution in [2.24, 2.45) is 16.7 Å². The minimum atomic E-state index is -5.08. The Morgan fingerprint density at radius 2 is 1.70 bits per heavy atom. The molecule has 2 N–H and O–H groups in total. The van der Waals surface area contributed by atoms with E-state index in [1.54, 1.807) is 31.6 Å². The van der Waals surface area contributed by atoms with Crippen LogP contribution in [0.5, 0.6) is 0 Å². The highest BCUT2D eigenvalue weighted by molar-refractivity contribution is 5.94. The van der Waals surface area contributed by atoms with Crippen LogP contribution in [0, 0.1) is 16.7 Å². The summed E-state index contributed by atoms with van der Waals surface area (Å²) in [5, 5.41) is 10.0. The van der Waals surface area contributed by atoms with Crippen LogP contribution in [0.2, 0.25) is 0 Å². The quantitative estimate of drug-likeness (QED) is 0.686. The van der Waals surface area contributed by atoms with Crippen molar-refractivity contribution in [3.8, 4) is 0 Å². The third kappa shape index (κ3) is 4.83. The average molecular weight is 470 g/mol. The second kappa shape index (κ2) is 9.28. The van der Waals surface area contributed by atoms with E-state index in [0.717, 1.165) is 51.9 Å². The van der Waals surface area contributed by atoms with Crippen LogP contribution in [0.25, 0.3) is 0 Å². The van der Waals surface area contributed by atoms with Gasteiger partial charge in [-0.15, -0.1) is 0 Å². The minimum Gasteiger partial charge on any atom is -0.475 e. The topological polar surface area (TPSA) is 103 Å². The number of aliphatic carboxylic acids is 1. The van der Waals surface area contributed by atoms with Gasteiger partial charge < -0.3 is 20.2 Å². The molecule has 182 valence electrons. The number of nitrogens with one attached hydrogen (secondary N) is 1. The number of hydrogen-bond donors (Lipinski definition) is 2. The van der Waals surface area contributed by atoms with Gasteiger partial charge >= 0.3 is 12.1 Å². The van der Waals surface area contributed by atoms with E-state index in [4.69, 9.17) is 9.90 Å². The van der Waals surface area contributed by atoms with Crippen molar-refractivity contribution < 1.29 is 32.7 Å². The first-order chi connectivity index (χ1) is 15.4. The smallest absolute Gasteiger partial charge is 0.475 e. The van der Waals surface area contributed by atoms with Crippen molar-refractivity contribution in [1.82, 2.24) is 20.1 Å². The summed E-state index contributed by atoms with van der Waals surface area (Å²) < 4.78 is 31.7. The van der Waals surface area contributed by atoms with Crippen LogP contribution in [0.1, 0.15) is 36.0 Å². The highest BCUT2D eigenvalue weighted by Gasteiger charge is 2.63. The maximum atomic E-state index is 12.7. The summed E-state index contributed by atoms with van der Waals surface area (Å²) in [4.78, 5) is 42.6. The highest BCUT2D eigenvalue weighted by atomic mass is 19.4. The second-order valence-corrected chi connectivity index (χ2v) is 9.18. The van der Waals surface area contributed by atoms with Crippen molar-refractivity contribution in [1.29, 1.82) is 0 Å². The molecule has 0 unspecified atom stereocenters. The first-order valence-electron chi connectivity index (χ1n) is 10.9. The van der Waals surface area contributed by atoms with Gasteiger partial charge in [0.2, 0.25) is 5.91 Å². The molecule has 0 bridgehead atoms. The molecule has 33 heavy (non-hydrogen) atoms.